The van der Waals surface area contributed by atoms with Gasteiger partial charge in [-0.1, -0.05) is 6.92 Å². The van der Waals surface area contributed by atoms with Crippen molar-refractivity contribution in [3.05, 3.63) is 38.8 Å². The van der Waals surface area contributed by atoms with E-state index < -0.39 is 0 Å². The molecule has 0 radical (unpaired) electrons. The lowest BCUT2D eigenvalue weighted by Gasteiger charge is -2.20. The van der Waals surface area contributed by atoms with Crippen molar-refractivity contribution in [1.29, 1.82) is 0 Å². The quantitative estimate of drug-likeness (QED) is 0.787. The molecule has 0 bridgehead atoms. The van der Waals surface area contributed by atoms with Gasteiger partial charge in [0.1, 0.15) is 0 Å². The lowest BCUT2D eigenvalue weighted by atomic mass is 10.1. The van der Waals surface area contributed by atoms with E-state index in [9.17, 15) is 0 Å². The number of thiophene rings is 1. The lowest BCUT2D eigenvalue weighted by Crippen LogP contribution is -2.26. The number of rotatable bonds is 8. The van der Waals surface area contributed by atoms with Gasteiger partial charge >= 0.3 is 0 Å². The highest BCUT2D eigenvalue weighted by Crippen LogP contribution is 2.26. The molecule has 6 heteroatoms. The van der Waals surface area contributed by atoms with Crippen LogP contribution in [0.3, 0.4) is 0 Å². The number of ether oxygens (including phenoxy) is 1. The first-order valence-corrected chi connectivity index (χ1v) is 8.44. The van der Waals surface area contributed by atoms with Crippen molar-refractivity contribution in [3.8, 4) is 0 Å². The third kappa shape index (κ3) is 3.91. The third-order valence-electron chi connectivity index (χ3n) is 3.14. The summed E-state index contributed by atoms with van der Waals surface area (Å²) < 4.78 is 8.23. The van der Waals surface area contributed by atoms with Gasteiger partial charge in [0, 0.05) is 7.11 Å². The van der Waals surface area contributed by atoms with Crippen molar-refractivity contribution in [2.45, 2.75) is 25.9 Å². The number of likely N-dealkylation sites (N-methyl/N-ethyl adjacent to an activating group) is 1. The molecule has 2 heterocycles. The number of aromatic nitrogens is 2. The average Bonchev–Trinajstić information content (AvgIpc) is 3.06. The minimum absolute atomic E-state index is 0.253. The Bertz CT molecular complexity index is 512. The van der Waals surface area contributed by atoms with Gasteiger partial charge in [-0.3, -0.25) is 4.68 Å². The predicted octanol–water partition coefficient (Wildman–Crippen LogP) is 3.25. The number of nitrogens with zero attached hydrogens (tertiary/aromatic N) is 2. The molecule has 0 aliphatic heterocycles. The smallest absolute Gasteiger partial charge is 0.0700 e. The molecule has 1 atom stereocenters. The van der Waals surface area contributed by atoms with E-state index in [2.05, 4.69) is 50.1 Å². The summed E-state index contributed by atoms with van der Waals surface area (Å²) in [6.07, 6.45) is 2.83. The second kappa shape index (κ2) is 7.93. The maximum Gasteiger partial charge on any atom is 0.0700 e. The Labute approximate surface area is 132 Å². The molecule has 0 aliphatic rings. The first-order valence-electron chi connectivity index (χ1n) is 6.70. The van der Waals surface area contributed by atoms with E-state index in [0.29, 0.717) is 6.61 Å². The largest absolute Gasteiger partial charge is 0.383 e. The summed E-state index contributed by atoms with van der Waals surface area (Å²) in [5.74, 6) is 0. The van der Waals surface area contributed by atoms with Gasteiger partial charge in [-0.2, -0.15) is 16.4 Å². The summed E-state index contributed by atoms with van der Waals surface area (Å²) in [5.41, 5.74) is 2.54. The minimum atomic E-state index is 0.253. The van der Waals surface area contributed by atoms with Crippen LogP contribution in [0.2, 0.25) is 0 Å². The van der Waals surface area contributed by atoms with Crippen LogP contribution in [0.25, 0.3) is 0 Å². The van der Waals surface area contributed by atoms with Crippen LogP contribution >= 0.6 is 27.3 Å². The normalized spacial score (nSPS) is 12.8. The monoisotopic (exact) mass is 357 g/mol. The molecule has 20 heavy (non-hydrogen) atoms. The molecule has 0 fully saturated rings. The summed E-state index contributed by atoms with van der Waals surface area (Å²) in [6, 6.07) is 2.43. The average molecular weight is 358 g/mol. The summed E-state index contributed by atoms with van der Waals surface area (Å²) in [7, 11) is 1.71. The molecule has 1 unspecified atom stereocenters. The van der Waals surface area contributed by atoms with E-state index in [0.717, 1.165) is 24.0 Å². The van der Waals surface area contributed by atoms with Crippen molar-refractivity contribution < 1.29 is 4.74 Å². The maximum atomic E-state index is 5.16. The van der Waals surface area contributed by atoms with Gasteiger partial charge in [0.05, 0.1) is 35.6 Å². The Kier molecular flexibility index (Phi) is 6.22. The zero-order chi connectivity index (χ0) is 14.4. The van der Waals surface area contributed by atoms with E-state index in [1.807, 2.05) is 10.9 Å². The Hall–Kier alpha value is -0.690. The second-order valence-corrected chi connectivity index (χ2v) is 6.17. The Morgan fingerprint density at radius 2 is 2.40 bits per heavy atom. The molecular weight excluding hydrogens is 338 g/mol. The SMILES string of the molecule is CCNC(Cc1ccsc1)c1c(Br)cnn1CCOC. The van der Waals surface area contributed by atoms with Crippen LogP contribution in [-0.4, -0.2) is 30.0 Å². The van der Waals surface area contributed by atoms with E-state index in [4.69, 9.17) is 4.74 Å². The molecule has 2 aromatic rings. The molecule has 2 aromatic heterocycles. The molecule has 0 amide bonds. The van der Waals surface area contributed by atoms with Gasteiger partial charge in [0.15, 0.2) is 0 Å². The summed E-state index contributed by atoms with van der Waals surface area (Å²) in [4.78, 5) is 0. The fourth-order valence-electron chi connectivity index (χ4n) is 2.23. The van der Waals surface area contributed by atoms with Gasteiger partial charge in [0.2, 0.25) is 0 Å². The van der Waals surface area contributed by atoms with Crippen LogP contribution in [0.4, 0.5) is 0 Å². The topological polar surface area (TPSA) is 39.1 Å². The molecule has 110 valence electrons. The Morgan fingerprint density at radius 1 is 1.55 bits per heavy atom. The van der Waals surface area contributed by atoms with E-state index in [1.54, 1.807) is 18.4 Å². The van der Waals surface area contributed by atoms with Gasteiger partial charge < -0.3 is 10.1 Å². The molecule has 1 N–H and O–H groups in total. The molecular formula is C14H20BrN3OS. The van der Waals surface area contributed by atoms with Crippen molar-refractivity contribution in [1.82, 2.24) is 15.1 Å². The summed E-state index contributed by atoms with van der Waals surface area (Å²) in [6.45, 7) is 4.49. The van der Waals surface area contributed by atoms with Crippen LogP contribution in [0, 0.1) is 0 Å². The summed E-state index contributed by atoms with van der Waals surface area (Å²) in [5, 5.41) is 12.3. The van der Waals surface area contributed by atoms with Crippen molar-refractivity contribution >= 4 is 27.3 Å². The Morgan fingerprint density at radius 3 is 3.05 bits per heavy atom. The molecule has 0 saturated heterocycles. The van der Waals surface area contributed by atoms with Crippen LogP contribution in [0.15, 0.2) is 27.5 Å². The zero-order valence-corrected chi connectivity index (χ0v) is 14.2. The molecule has 0 saturated carbocycles. The highest BCUT2D eigenvalue weighted by Gasteiger charge is 2.20. The van der Waals surface area contributed by atoms with Gasteiger partial charge in [0.25, 0.3) is 0 Å². The minimum Gasteiger partial charge on any atom is -0.383 e. The number of methoxy groups -OCH3 is 1. The van der Waals surface area contributed by atoms with Crippen molar-refractivity contribution in [2.75, 3.05) is 20.3 Å². The molecule has 0 aromatic carbocycles. The van der Waals surface area contributed by atoms with Gasteiger partial charge in [-0.25, -0.2) is 0 Å². The summed E-state index contributed by atoms with van der Waals surface area (Å²) >= 11 is 5.36. The van der Waals surface area contributed by atoms with Crippen LogP contribution < -0.4 is 5.32 Å². The van der Waals surface area contributed by atoms with Gasteiger partial charge in [-0.15, -0.1) is 0 Å². The zero-order valence-electron chi connectivity index (χ0n) is 11.8. The molecule has 0 aliphatic carbocycles. The second-order valence-electron chi connectivity index (χ2n) is 4.54. The van der Waals surface area contributed by atoms with Gasteiger partial charge in [-0.05, 0) is 51.3 Å². The standard InChI is InChI=1S/C14H20BrN3OS/c1-3-16-13(8-11-4-7-20-10-11)14-12(15)9-17-18(14)5-6-19-2/h4,7,9-10,13,16H,3,5-6,8H2,1-2H3. The van der Waals surface area contributed by atoms with Crippen LogP contribution in [0.5, 0.6) is 0 Å². The molecule has 0 spiro atoms. The van der Waals surface area contributed by atoms with Crippen LogP contribution in [-0.2, 0) is 17.7 Å². The highest BCUT2D eigenvalue weighted by molar-refractivity contribution is 9.10. The van der Waals surface area contributed by atoms with Crippen LogP contribution in [0.1, 0.15) is 24.2 Å². The number of hydrogen-bond acceptors (Lipinski definition) is 4. The lowest BCUT2D eigenvalue weighted by molar-refractivity contribution is 0.181. The number of nitrogens with one attached hydrogen (secondary N) is 1. The highest BCUT2D eigenvalue weighted by atomic mass is 79.9. The van der Waals surface area contributed by atoms with Crippen molar-refractivity contribution in [3.63, 3.8) is 0 Å². The fraction of sp³-hybridized carbons (Fsp3) is 0.500. The van der Waals surface area contributed by atoms with E-state index in [1.165, 1.54) is 11.3 Å². The predicted molar refractivity (Wildman–Crippen MR) is 86.2 cm³/mol. The van der Waals surface area contributed by atoms with Crippen molar-refractivity contribution in [2.24, 2.45) is 0 Å². The molecule has 2 rings (SSSR count). The first kappa shape index (κ1) is 15.7. The number of halogens is 1. The third-order valence-corrected chi connectivity index (χ3v) is 4.48. The molecule has 4 nitrogen and oxygen atoms in total. The van der Waals surface area contributed by atoms with E-state index >= 15 is 0 Å². The van der Waals surface area contributed by atoms with E-state index in [-0.39, 0.29) is 6.04 Å². The number of hydrogen-bond donors (Lipinski definition) is 1. The first-order chi connectivity index (χ1) is 9.76. The Balaban J connectivity index is 2.21. The fourth-order valence-corrected chi connectivity index (χ4v) is 3.48. The maximum absolute atomic E-state index is 5.16.